The topological polar surface area (TPSA) is 86.3 Å². The maximum atomic E-state index is 12.9. The maximum absolute atomic E-state index is 12.9. The lowest BCUT2D eigenvalue weighted by Gasteiger charge is -2.17. The summed E-state index contributed by atoms with van der Waals surface area (Å²) in [5.41, 5.74) is 6.96. The Labute approximate surface area is 269 Å². The number of aromatic nitrogens is 4. The molecule has 0 saturated carbocycles. The van der Waals surface area contributed by atoms with Crippen LogP contribution in [0.2, 0.25) is 0 Å². The number of hydrogen-bond acceptors (Lipinski definition) is 5. The number of aryl methyl sites for hydroxylation is 2. The van der Waals surface area contributed by atoms with E-state index in [1.54, 1.807) is 0 Å². The Hall–Kier alpha value is -4.71. The molecule has 0 aliphatic heterocycles. The first kappa shape index (κ1) is 32.7. The van der Waals surface area contributed by atoms with E-state index in [9.17, 15) is 18.0 Å². The Balaban J connectivity index is 1.19. The molecule has 1 N–H and O–H groups in total. The van der Waals surface area contributed by atoms with Crippen molar-refractivity contribution in [1.29, 1.82) is 0 Å². The van der Waals surface area contributed by atoms with E-state index in [0.717, 1.165) is 28.9 Å². The zero-order chi connectivity index (χ0) is 33.0. The van der Waals surface area contributed by atoms with Crippen LogP contribution in [-0.2, 0) is 6.42 Å². The summed E-state index contributed by atoms with van der Waals surface area (Å²) in [5.74, 6) is 0.660. The van der Waals surface area contributed by atoms with Crippen molar-refractivity contribution in [2.24, 2.45) is 10.9 Å². The molecule has 46 heavy (non-hydrogen) atoms. The second-order valence-corrected chi connectivity index (χ2v) is 12.4. The number of nitrogens with zero attached hydrogens (tertiary/aromatic N) is 5. The van der Waals surface area contributed by atoms with Crippen molar-refractivity contribution in [3.8, 4) is 28.5 Å². The molecule has 1 unspecified atom stereocenters. The van der Waals surface area contributed by atoms with E-state index in [1.807, 2.05) is 42.6 Å². The van der Waals surface area contributed by atoms with Gasteiger partial charge in [0, 0.05) is 23.2 Å². The summed E-state index contributed by atoms with van der Waals surface area (Å²) >= 11 is 1.45. The van der Waals surface area contributed by atoms with Gasteiger partial charge in [-0.15, -0.1) is 29.6 Å². The summed E-state index contributed by atoms with van der Waals surface area (Å²) in [5, 5.41) is 9.43. The molecular weight excluding hydrogens is 613 g/mol. The van der Waals surface area contributed by atoms with Crippen LogP contribution in [0.25, 0.3) is 22.8 Å². The number of amides is 2. The van der Waals surface area contributed by atoms with Gasteiger partial charge in [-0.2, -0.15) is 4.99 Å². The number of hydrogen-bond donors (Lipinski definition) is 1. The fraction of sp³-hybridized carbons (Fsp3) is 0.294. The molecule has 2 aromatic heterocycles. The Kier molecular flexibility index (Phi) is 9.76. The molecule has 240 valence electrons. The quantitative estimate of drug-likeness (QED) is 0.176. The summed E-state index contributed by atoms with van der Waals surface area (Å²) in [6, 6.07) is 19.1. The molecule has 0 saturated heterocycles. The second kappa shape index (κ2) is 13.7. The van der Waals surface area contributed by atoms with Gasteiger partial charge in [-0.25, -0.2) is 14.5 Å². The van der Waals surface area contributed by atoms with E-state index >= 15 is 0 Å². The molecule has 0 spiro atoms. The van der Waals surface area contributed by atoms with Gasteiger partial charge in [-0.3, -0.25) is 4.57 Å². The largest absolute Gasteiger partial charge is 0.573 e. The summed E-state index contributed by atoms with van der Waals surface area (Å²) in [6.45, 7) is 11.0. The molecule has 0 radical (unpaired) electrons. The lowest BCUT2D eigenvalue weighted by Crippen LogP contribution is -2.29. The number of ether oxygens (including phenoxy) is 1. The summed E-state index contributed by atoms with van der Waals surface area (Å²) in [7, 11) is 0. The third kappa shape index (κ3) is 7.92. The fourth-order valence-corrected chi connectivity index (χ4v) is 6.21. The predicted molar refractivity (Wildman–Crippen MR) is 173 cm³/mol. The number of thiazole rings is 1. The molecule has 1 atom stereocenters. The van der Waals surface area contributed by atoms with Crippen molar-refractivity contribution in [2.45, 2.75) is 53.3 Å². The minimum atomic E-state index is -4.75. The lowest BCUT2D eigenvalue weighted by molar-refractivity contribution is -0.274. The number of halogens is 3. The Morgan fingerprint density at radius 2 is 1.74 bits per heavy atom. The highest BCUT2D eigenvalue weighted by atomic mass is 32.1. The number of benzene rings is 3. The van der Waals surface area contributed by atoms with Gasteiger partial charge in [0.25, 0.3) is 0 Å². The SMILES string of the molecule is Cc1cccc(-n2c(C)cs/c2=N\C(=O)NCC(C)Cc2ccc(-c3ncn(-c4ccc(OC(F)(F)F)cc4)n3)cc2)c1C(C)C. The summed E-state index contributed by atoms with van der Waals surface area (Å²) in [4.78, 5) is 22.3. The molecular formula is C34H35F3N6O2S. The Bertz CT molecular complexity index is 1870. The van der Waals surface area contributed by atoms with E-state index < -0.39 is 6.36 Å². The Morgan fingerprint density at radius 3 is 2.41 bits per heavy atom. The van der Waals surface area contributed by atoms with Crippen LogP contribution in [0.1, 0.15) is 49.1 Å². The Morgan fingerprint density at radius 1 is 1.02 bits per heavy atom. The third-order valence-corrected chi connectivity index (χ3v) is 8.36. The normalized spacial score (nSPS) is 12.8. The average molecular weight is 649 g/mol. The van der Waals surface area contributed by atoms with Crippen LogP contribution in [0.4, 0.5) is 18.0 Å². The van der Waals surface area contributed by atoms with Crippen molar-refractivity contribution < 1.29 is 22.7 Å². The van der Waals surface area contributed by atoms with Crippen molar-refractivity contribution in [1.82, 2.24) is 24.6 Å². The van der Waals surface area contributed by atoms with E-state index in [0.29, 0.717) is 28.8 Å². The van der Waals surface area contributed by atoms with Gasteiger partial charge in [0.15, 0.2) is 10.6 Å². The van der Waals surface area contributed by atoms with Crippen LogP contribution < -0.4 is 14.9 Å². The number of urea groups is 1. The first-order chi connectivity index (χ1) is 21.9. The van der Waals surface area contributed by atoms with Crippen LogP contribution in [0.15, 0.2) is 83.4 Å². The van der Waals surface area contributed by atoms with E-state index in [4.69, 9.17) is 0 Å². The number of rotatable bonds is 9. The van der Waals surface area contributed by atoms with Gasteiger partial charge in [0.1, 0.15) is 12.1 Å². The van der Waals surface area contributed by atoms with Gasteiger partial charge in [-0.05, 0) is 79.1 Å². The van der Waals surface area contributed by atoms with Crippen molar-refractivity contribution >= 4 is 17.4 Å². The highest BCUT2D eigenvalue weighted by Crippen LogP contribution is 2.27. The highest BCUT2D eigenvalue weighted by molar-refractivity contribution is 7.07. The molecule has 0 bridgehead atoms. The predicted octanol–water partition coefficient (Wildman–Crippen LogP) is 7.91. The molecule has 2 heterocycles. The minimum Gasteiger partial charge on any atom is -0.406 e. The zero-order valence-electron chi connectivity index (χ0n) is 26.2. The van der Waals surface area contributed by atoms with E-state index in [-0.39, 0.29) is 17.7 Å². The van der Waals surface area contributed by atoms with Gasteiger partial charge >= 0.3 is 12.4 Å². The van der Waals surface area contributed by atoms with E-state index in [2.05, 4.69) is 69.5 Å². The molecule has 5 aromatic rings. The van der Waals surface area contributed by atoms with Crippen LogP contribution in [0.5, 0.6) is 5.75 Å². The summed E-state index contributed by atoms with van der Waals surface area (Å²) in [6.07, 6.45) is -2.50. The van der Waals surface area contributed by atoms with Crippen molar-refractivity contribution in [3.05, 3.63) is 106 Å². The van der Waals surface area contributed by atoms with Crippen LogP contribution in [0, 0.1) is 19.8 Å². The zero-order valence-corrected chi connectivity index (χ0v) is 27.0. The van der Waals surface area contributed by atoms with Gasteiger partial charge < -0.3 is 10.1 Å². The smallest absolute Gasteiger partial charge is 0.406 e. The molecule has 5 rings (SSSR count). The monoisotopic (exact) mass is 648 g/mol. The second-order valence-electron chi connectivity index (χ2n) is 11.5. The van der Waals surface area contributed by atoms with Crippen LogP contribution in [0.3, 0.4) is 0 Å². The third-order valence-electron chi connectivity index (χ3n) is 7.42. The number of carbonyl (C=O) groups is 1. The highest BCUT2D eigenvalue weighted by Gasteiger charge is 2.31. The summed E-state index contributed by atoms with van der Waals surface area (Å²) < 4.78 is 44.7. The molecule has 0 aliphatic carbocycles. The number of carbonyl (C=O) groups excluding carboxylic acids is 1. The average Bonchev–Trinajstić information content (AvgIpc) is 3.63. The van der Waals surface area contributed by atoms with Gasteiger partial charge in [0.2, 0.25) is 0 Å². The molecule has 12 heteroatoms. The van der Waals surface area contributed by atoms with Crippen LogP contribution in [-0.4, -0.2) is 38.3 Å². The molecule has 0 fully saturated rings. The molecule has 2 amide bonds. The number of alkyl halides is 3. The fourth-order valence-electron chi connectivity index (χ4n) is 5.35. The lowest BCUT2D eigenvalue weighted by atomic mass is 9.96. The van der Waals surface area contributed by atoms with Gasteiger partial charge in [-0.1, -0.05) is 57.2 Å². The molecule has 0 aliphatic rings. The van der Waals surface area contributed by atoms with Gasteiger partial charge in [0.05, 0.1) is 11.4 Å². The van der Waals surface area contributed by atoms with E-state index in [1.165, 1.54) is 57.7 Å². The number of nitrogens with one attached hydrogen (secondary N) is 1. The van der Waals surface area contributed by atoms with Crippen molar-refractivity contribution in [2.75, 3.05) is 6.54 Å². The standard InChI is InChI=1S/C34H35F3N6O2S/c1-21(2)30-23(4)7-6-8-29(30)43-24(5)19-46-33(43)40-32(44)38-18-22(3)17-25-9-11-26(12-10-25)31-39-20-42(41-31)27-13-15-28(16-14-27)45-34(35,36)37/h6-16,19-22H,17-18H2,1-5H3,(H,38,44)/b40-33-. The molecule has 3 aromatic carbocycles. The first-order valence-corrected chi connectivity index (χ1v) is 15.7. The minimum absolute atomic E-state index is 0.160. The molecule has 8 nitrogen and oxygen atoms in total. The van der Waals surface area contributed by atoms with Crippen molar-refractivity contribution in [3.63, 3.8) is 0 Å². The first-order valence-electron chi connectivity index (χ1n) is 14.8. The maximum Gasteiger partial charge on any atom is 0.573 e. The van der Waals surface area contributed by atoms with Crippen LogP contribution >= 0.6 is 11.3 Å².